The van der Waals surface area contributed by atoms with Gasteiger partial charge in [0.1, 0.15) is 5.82 Å². The molecule has 2 rings (SSSR count). The lowest BCUT2D eigenvalue weighted by molar-refractivity contribution is 0.591. The Morgan fingerprint density at radius 3 is 2.88 bits per heavy atom. The quantitative estimate of drug-likeness (QED) is 0.875. The minimum absolute atomic E-state index is 0.274. The van der Waals surface area contributed by atoms with Crippen molar-refractivity contribution >= 4 is 15.7 Å². The van der Waals surface area contributed by atoms with Gasteiger partial charge in [-0.25, -0.2) is 13.4 Å². The largest absolute Gasteiger partial charge is 0.367 e. The molecule has 94 valence electrons. The lowest BCUT2D eigenvalue weighted by atomic mass is 10.2. The van der Waals surface area contributed by atoms with Crippen LogP contribution in [-0.2, 0) is 9.84 Å². The molecule has 0 aliphatic carbocycles. The molecule has 0 amide bonds. The fourth-order valence-electron chi connectivity index (χ4n) is 2.00. The van der Waals surface area contributed by atoms with Gasteiger partial charge in [0.05, 0.1) is 22.4 Å². The van der Waals surface area contributed by atoms with Crippen molar-refractivity contribution in [1.82, 2.24) is 9.97 Å². The molecule has 1 saturated heterocycles. The summed E-state index contributed by atoms with van der Waals surface area (Å²) in [5.41, 5.74) is 1.62. The van der Waals surface area contributed by atoms with Gasteiger partial charge < -0.3 is 5.32 Å². The highest BCUT2D eigenvalue weighted by Gasteiger charge is 2.30. The van der Waals surface area contributed by atoms with Crippen LogP contribution in [-0.4, -0.2) is 35.9 Å². The van der Waals surface area contributed by atoms with E-state index >= 15 is 0 Å². The highest BCUT2D eigenvalue weighted by molar-refractivity contribution is 7.92. The van der Waals surface area contributed by atoms with Crippen LogP contribution in [0.25, 0.3) is 0 Å². The summed E-state index contributed by atoms with van der Waals surface area (Å²) in [6.45, 7) is 4.16. The standard InChI is InChI=1S/C11H17N3O2S/c1-8-6-12-9(2)11(14-8)13-7-10-4-3-5-17(10,15)16/h6,10H,3-5,7H2,1-2H3,(H,13,14). The van der Waals surface area contributed by atoms with Crippen molar-refractivity contribution in [3.63, 3.8) is 0 Å². The van der Waals surface area contributed by atoms with Gasteiger partial charge in [0, 0.05) is 12.7 Å². The number of nitrogens with zero attached hydrogens (tertiary/aromatic N) is 2. The van der Waals surface area contributed by atoms with E-state index in [1.807, 2.05) is 13.8 Å². The molecule has 5 nitrogen and oxygen atoms in total. The number of anilines is 1. The molecule has 1 atom stereocenters. The normalized spacial score (nSPS) is 22.6. The summed E-state index contributed by atoms with van der Waals surface area (Å²) < 4.78 is 23.3. The van der Waals surface area contributed by atoms with E-state index < -0.39 is 9.84 Å². The Bertz CT molecular complexity index is 513. The summed E-state index contributed by atoms with van der Waals surface area (Å²) in [7, 11) is -2.89. The van der Waals surface area contributed by atoms with Crippen molar-refractivity contribution in [2.24, 2.45) is 0 Å². The molecule has 1 aromatic rings. The van der Waals surface area contributed by atoms with E-state index in [2.05, 4.69) is 15.3 Å². The van der Waals surface area contributed by atoms with E-state index in [0.717, 1.165) is 24.2 Å². The van der Waals surface area contributed by atoms with Crippen LogP contribution in [0, 0.1) is 13.8 Å². The molecule has 0 spiro atoms. The van der Waals surface area contributed by atoms with E-state index in [0.29, 0.717) is 18.1 Å². The van der Waals surface area contributed by atoms with Crippen molar-refractivity contribution in [2.45, 2.75) is 31.9 Å². The van der Waals surface area contributed by atoms with Gasteiger partial charge in [-0.05, 0) is 26.7 Å². The summed E-state index contributed by atoms with van der Waals surface area (Å²) in [4.78, 5) is 8.50. The molecule has 0 radical (unpaired) electrons. The molecule has 0 aromatic carbocycles. The molecule has 1 fully saturated rings. The SMILES string of the molecule is Cc1cnc(C)c(NCC2CCCS2(=O)=O)n1. The number of nitrogens with one attached hydrogen (secondary N) is 1. The van der Waals surface area contributed by atoms with Gasteiger partial charge in [-0.1, -0.05) is 0 Å². The van der Waals surface area contributed by atoms with Crippen LogP contribution in [0.2, 0.25) is 0 Å². The van der Waals surface area contributed by atoms with Crippen molar-refractivity contribution in [3.8, 4) is 0 Å². The second kappa shape index (κ2) is 4.60. The Balaban J connectivity index is 2.05. The van der Waals surface area contributed by atoms with Crippen LogP contribution in [0.4, 0.5) is 5.82 Å². The second-order valence-electron chi connectivity index (χ2n) is 4.46. The maximum atomic E-state index is 11.7. The van der Waals surface area contributed by atoms with E-state index in [4.69, 9.17) is 0 Å². The zero-order valence-electron chi connectivity index (χ0n) is 10.1. The molecule has 1 unspecified atom stereocenters. The van der Waals surface area contributed by atoms with Crippen LogP contribution < -0.4 is 5.32 Å². The smallest absolute Gasteiger partial charge is 0.154 e. The Hall–Kier alpha value is -1.17. The van der Waals surface area contributed by atoms with Gasteiger partial charge in [0.15, 0.2) is 9.84 Å². The number of hydrogen-bond donors (Lipinski definition) is 1. The predicted molar refractivity (Wildman–Crippen MR) is 66.8 cm³/mol. The van der Waals surface area contributed by atoms with Crippen LogP contribution >= 0.6 is 0 Å². The highest BCUT2D eigenvalue weighted by Crippen LogP contribution is 2.20. The zero-order chi connectivity index (χ0) is 12.5. The Kier molecular flexibility index (Phi) is 3.33. The van der Waals surface area contributed by atoms with Crippen molar-refractivity contribution in [3.05, 3.63) is 17.6 Å². The first kappa shape index (κ1) is 12.3. The van der Waals surface area contributed by atoms with E-state index in [1.165, 1.54) is 0 Å². The molecule has 17 heavy (non-hydrogen) atoms. The molecule has 1 aromatic heterocycles. The van der Waals surface area contributed by atoms with Gasteiger partial charge in [-0.3, -0.25) is 4.98 Å². The van der Waals surface area contributed by atoms with Gasteiger partial charge >= 0.3 is 0 Å². The molecule has 0 saturated carbocycles. The average Bonchev–Trinajstić information content (AvgIpc) is 2.59. The third kappa shape index (κ3) is 2.74. The predicted octanol–water partition coefficient (Wildman–Crippen LogP) is 1.08. The Morgan fingerprint density at radius 2 is 2.24 bits per heavy atom. The summed E-state index contributed by atoms with van der Waals surface area (Å²) in [6, 6.07) is 0. The summed E-state index contributed by atoms with van der Waals surface area (Å²) in [6.07, 6.45) is 3.22. The first-order chi connectivity index (χ1) is 7.99. The van der Waals surface area contributed by atoms with Crippen LogP contribution in [0.1, 0.15) is 24.2 Å². The fraction of sp³-hybridized carbons (Fsp3) is 0.636. The van der Waals surface area contributed by atoms with Gasteiger partial charge in [-0.15, -0.1) is 0 Å². The molecular weight excluding hydrogens is 238 g/mol. The molecule has 0 bridgehead atoms. The maximum absolute atomic E-state index is 11.7. The minimum atomic E-state index is -2.89. The first-order valence-electron chi connectivity index (χ1n) is 5.75. The molecule has 2 heterocycles. The number of hydrogen-bond acceptors (Lipinski definition) is 5. The monoisotopic (exact) mass is 255 g/mol. The van der Waals surface area contributed by atoms with Crippen molar-refractivity contribution < 1.29 is 8.42 Å². The molecule has 1 aliphatic rings. The first-order valence-corrected chi connectivity index (χ1v) is 7.46. The second-order valence-corrected chi connectivity index (χ2v) is 6.86. The maximum Gasteiger partial charge on any atom is 0.154 e. The summed E-state index contributed by atoms with van der Waals surface area (Å²) in [5.74, 6) is 1.00. The van der Waals surface area contributed by atoms with E-state index in [-0.39, 0.29) is 5.25 Å². The molecule has 1 aliphatic heterocycles. The summed E-state index contributed by atoms with van der Waals surface area (Å²) in [5, 5.41) is 2.82. The van der Waals surface area contributed by atoms with Gasteiger partial charge in [-0.2, -0.15) is 0 Å². The Morgan fingerprint density at radius 1 is 1.47 bits per heavy atom. The summed E-state index contributed by atoms with van der Waals surface area (Å²) >= 11 is 0. The third-order valence-corrected chi connectivity index (χ3v) is 5.31. The van der Waals surface area contributed by atoms with Crippen LogP contribution in [0.5, 0.6) is 0 Å². The number of sulfone groups is 1. The van der Waals surface area contributed by atoms with Gasteiger partial charge in [0.25, 0.3) is 0 Å². The number of rotatable bonds is 3. The highest BCUT2D eigenvalue weighted by atomic mass is 32.2. The topological polar surface area (TPSA) is 72.0 Å². The van der Waals surface area contributed by atoms with E-state index in [9.17, 15) is 8.42 Å². The van der Waals surface area contributed by atoms with Crippen LogP contribution in [0.15, 0.2) is 6.20 Å². The molecule has 6 heteroatoms. The molecular formula is C11H17N3O2S. The Labute approximate surface area is 102 Å². The molecule has 1 N–H and O–H groups in total. The number of aromatic nitrogens is 2. The number of aryl methyl sites for hydroxylation is 2. The zero-order valence-corrected chi connectivity index (χ0v) is 10.9. The lowest BCUT2D eigenvalue weighted by Crippen LogP contribution is -2.25. The fourth-order valence-corrected chi connectivity index (χ4v) is 3.77. The van der Waals surface area contributed by atoms with Crippen molar-refractivity contribution in [1.29, 1.82) is 0 Å². The van der Waals surface area contributed by atoms with E-state index in [1.54, 1.807) is 6.20 Å². The average molecular weight is 255 g/mol. The minimum Gasteiger partial charge on any atom is -0.367 e. The van der Waals surface area contributed by atoms with Crippen molar-refractivity contribution in [2.75, 3.05) is 17.6 Å². The van der Waals surface area contributed by atoms with Gasteiger partial charge in [0.2, 0.25) is 0 Å². The lowest BCUT2D eigenvalue weighted by Gasteiger charge is -2.12. The van der Waals surface area contributed by atoms with Crippen LogP contribution in [0.3, 0.4) is 0 Å². The third-order valence-electron chi connectivity index (χ3n) is 3.04.